The van der Waals surface area contributed by atoms with E-state index in [-0.39, 0.29) is 12.3 Å². The standard InChI is InChI=1S/C28H50N2O3/c31-24-20-23-11-6-2-4-8-13-25-15-18-29-17-9-12-22(27(29)32-25)10-5-1-3-7-14-26-16-19-30(21-24)28(23)33-26/h22-28,31H,1-21H2/t22-,23-,24+,25-,26-,27+,28+/m1/s1. The van der Waals surface area contributed by atoms with E-state index < -0.39 is 0 Å². The molecule has 0 aromatic heterocycles. The van der Waals surface area contributed by atoms with Gasteiger partial charge in [-0.1, -0.05) is 51.4 Å². The summed E-state index contributed by atoms with van der Waals surface area (Å²) in [4.78, 5) is 5.11. The summed E-state index contributed by atoms with van der Waals surface area (Å²) in [6, 6.07) is 0. The second-order valence-electron chi connectivity index (χ2n) is 11.9. The predicted molar refractivity (Wildman–Crippen MR) is 132 cm³/mol. The number of ether oxygens (including phenoxy) is 2. The molecule has 1 N–H and O–H groups in total. The Bertz CT molecular complexity index is 589. The molecule has 0 spiro atoms. The average molecular weight is 463 g/mol. The Morgan fingerprint density at radius 1 is 0.515 bits per heavy atom. The van der Waals surface area contributed by atoms with Gasteiger partial charge in [-0.2, -0.15) is 0 Å². The Morgan fingerprint density at radius 3 is 1.76 bits per heavy atom. The molecule has 5 aliphatic heterocycles. The average Bonchev–Trinajstić information content (AvgIpc) is 2.83. The molecule has 33 heavy (non-hydrogen) atoms. The maximum absolute atomic E-state index is 10.4. The minimum absolute atomic E-state index is 0.163. The molecule has 5 rings (SSSR count). The summed E-state index contributed by atoms with van der Waals surface area (Å²) >= 11 is 0. The third-order valence-electron chi connectivity index (χ3n) is 9.41. The zero-order valence-electron chi connectivity index (χ0n) is 21.0. The van der Waals surface area contributed by atoms with Crippen molar-refractivity contribution in [2.24, 2.45) is 11.8 Å². The van der Waals surface area contributed by atoms with Gasteiger partial charge in [0.05, 0.1) is 18.3 Å². The van der Waals surface area contributed by atoms with Crippen LogP contribution in [0.5, 0.6) is 0 Å². The van der Waals surface area contributed by atoms with Gasteiger partial charge in [0.25, 0.3) is 0 Å². The van der Waals surface area contributed by atoms with Crippen LogP contribution < -0.4 is 0 Å². The molecule has 0 aromatic carbocycles. The van der Waals surface area contributed by atoms with Crippen molar-refractivity contribution < 1.29 is 14.6 Å². The van der Waals surface area contributed by atoms with Gasteiger partial charge in [0, 0.05) is 32.1 Å². The summed E-state index contributed by atoms with van der Waals surface area (Å²) in [7, 11) is 0. The number of hydrogen-bond donors (Lipinski definition) is 1. The Labute approximate surface area is 202 Å². The van der Waals surface area contributed by atoms with Crippen LogP contribution >= 0.6 is 0 Å². The molecule has 5 nitrogen and oxygen atoms in total. The smallest absolute Gasteiger partial charge is 0.114 e. The molecule has 5 fully saturated rings. The van der Waals surface area contributed by atoms with E-state index in [4.69, 9.17) is 9.47 Å². The molecule has 0 aromatic rings. The fraction of sp³-hybridized carbons (Fsp3) is 1.00. The van der Waals surface area contributed by atoms with Crippen LogP contribution in [0, 0.1) is 11.8 Å². The first-order valence-corrected chi connectivity index (χ1v) is 14.7. The molecule has 0 unspecified atom stereocenters. The molecule has 5 saturated heterocycles. The first-order valence-electron chi connectivity index (χ1n) is 14.7. The SMILES string of the molecule is O[C@H]1C[C@H]2CCCCCC[C@@H]3CCN4CCC[C@@H](CCCCCC[C@@H]5CCN(C1)[C@H]2O5)[C@@H]4O3. The van der Waals surface area contributed by atoms with Crippen LogP contribution in [0.4, 0.5) is 0 Å². The molecule has 5 aliphatic rings. The highest BCUT2D eigenvalue weighted by molar-refractivity contribution is 4.88. The predicted octanol–water partition coefficient (Wildman–Crippen LogP) is 5.31. The van der Waals surface area contributed by atoms with Gasteiger partial charge in [-0.05, 0) is 63.7 Å². The lowest BCUT2D eigenvalue weighted by molar-refractivity contribution is -0.198. The van der Waals surface area contributed by atoms with Gasteiger partial charge in [-0.15, -0.1) is 0 Å². The zero-order valence-corrected chi connectivity index (χ0v) is 21.0. The Kier molecular flexibility index (Phi) is 9.03. The fourth-order valence-electron chi connectivity index (χ4n) is 7.58. The summed E-state index contributed by atoms with van der Waals surface area (Å²) in [6.45, 7) is 4.44. The Balaban J connectivity index is 1.17. The molecule has 0 amide bonds. The van der Waals surface area contributed by atoms with E-state index in [9.17, 15) is 5.11 Å². The highest BCUT2D eigenvalue weighted by Crippen LogP contribution is 2.36. The van der Waals surface area contributed by atoms with Crippen LogP contribution in [0.15, 0.2) is 0 Å². The van der Waals surface area contributed by atoms with Crippen molar-refractivity contribution in [3.05, 3.63) is 0 Å². The fourth-order valence-corrected chi connectivity index (χ4v) is 7.58. The van der Waals surface area contributed by atoms with E-state index in [2.05, 4.69) is 9.80 Å². The van der Waals surface area contributed by atoms with Gasteiger partial charge in [-0.25, -0.2) is 0 Å². The molecule has 7 atom stereocenters. The first kappa shape index (κ1) is 24.5. The minimum Gasteiger partial charge on any atom is -0.392 e. The highest BCUT2D eigenvalue weighted by Gasteiger charge is 2.40. The largest absolute Gasteiger partial charge is 0.392 e. The molecule has 0 radical (unpaired) electrons. The van der Waals surface area contributed by atoms with Gasteiger partial charge in [0.2, 0.25) is 0 Å². The molecular weight excluding hydrogens is 412 g/mol. The van der Waals surface area contributed by atoms with E-state index in [1.807, 2.05) is 0 Å². The molecule has 0 saturated carbocycles. The van der Waals surface area contributed by atoms with Crippen LogP contribution in [0.1, 0.15) is 109 Å². The van der Waals surface area contributed by atoms with E-state index in [0.29, 0.717) is 24.4 Å². The molecule has 190 valence electrons. The van der Waals surface area contributed by atoms with Crippen LogP contribution in [-0.2, 0) is 9.47 Å². The monoisotopic (exact) mass is 462 g/mol. The van der Waals surface area contributed by atoms with Crippen molar-refractivity contribution in [2.45, 2.75) is 140 Å². The summed E-state index contributed by atoms with van der Waals surface area (Å²) in [5.74, 6) is 1.27. The molecule has 5 heterocycles. The number of fused-ring (bicyclic) bond motifs is 2. The van der Waals surface area contributed by atoms with Crippen LogP contribution in [-0.4, -0.2) is 71.9 Å². The van der Waals surface area contributed by atoms with Crippen molar-refractivity contribution in [1.29, 1.82) is 0 Å². The first-order chi connectivity index (χ1) is 16.3. The van der Waals surface area contributed by atoms with Gasteiger partial charge in [-0.3, -0.25) is 9.80 Å². The number of hydrogen-bond acceptors (Lipinski definition) is 5. The molecule has 5 heteroatoms. The summed E-state index contributed by atoms with van der Waals surface area (Å²) in [5.41, 5.74) is 0. The topological polar surface area (TPSA) is 45.2 Å². The highest BCUT2D eigenvalue weighted by atomic mass is 16.5. The van der Waals surface area contributed by atoms with E-state index >= 15 is 0 Å². The van der Waals surface area contributed by atoms with Crippen LogP contribution in [0.2, 0.25) is 0 Å². The number of aliphatic hydroxyl groups is 1. The molecular formula is C28H50N2O3. The van der Waals surface area contributed by atoms with Crippen molar-refractivity contribution in [1.82, 2.24) is 9.80 Å². The van der Waals surface area contributed by atoms with Crippen LogP contribution in [0.3, 0.4) is 0 Å². The molecule has 0 aliphatic carbocycles. The van der Waals surface area contributed by atoms with E-state index in [1.54, 1.807) is 0 Å². The normalized spacial score (nSPS) is 43.0. The molecule has 4 bridgehead atoms. The second-order valence-corrected chi connectivity index (χ2v) is 11.9. The van der Waals surface area contributed by atoms with Crippen molar-refractivity contribution in [3.63, 3.8) is 0 Å². The number of nitrogens with zero attached hydrogens (tertiary/aromatic N) is 2. The van der Waals surface area contributed by atoms with Crippen molar-refractivity contribution in [2.75, 3.05) is 26.2 Å². The minimum atomic E-state index is -0.163. The Morgan fingerprint density at radius 2 is 1.06 bits per heavy atom. The summed E-state index contributed by atoms with van der Waals surface area (Å²) in [5, 5.41) is 10.4. The van der Waals surface area contributed by atoms with Gasteiger partial charge in [0.1, 0.15) is 12.5 Å². The quantitative estimate of drug-likeness (QED) is 0.529. The Hall–Kier alpha value is -0.200. The van der Waals surface area contributed by atoms with E-state index in [1.165, 1.54) is 109 Å². The lowest BCUT2D eigenvalue weighted by Crippen LogP contribution is -2.56. The van der Waals surface area contributed by atoms with Crippen molar-refractivity contribution >= 4 is 0 Å². The van der Waals surface area contributed by atoms with Gasteiger partial charge in [0.15, 0.2) is 0 Å². The number of aliphatic hydroxyl groups excluding tert-OH is 1. The number of piperidine rings is 2. The van der Waals surface area contributed by atoms with Crippen molar-refractivity contribution in [3.8, 4) is 0 Å². The second kappa shape index (κ2) is 12.2. The number of rotatable bonds is 0. The summed E-state index contributed by atoms with van der Waals surface area (Å²) in [6.07, 6.45) is 23.2. The maximum Gasteiger partial charge on any atom is 0.114 e. The zero-order chi connectivity index (χ0) is 22.5. The lowest BCUT2D eigenvalue weighted by Gasteiger charge is -2.48. The van der Waals surface area contributed by atoms with Gasteiger partial charge >= 0.3 is 0 Å². The third-order valence-corrected chi connectivity index (χ3v) is 9.41. The third kappa shape index (κ3) is 6.52. The van der Waals surface area contributed by atoms with Crippen LogP contribution in [0.25, 0.3) is 0 Å². The summed E-state index contributed by atoms with van der Waals surface area (Å²) < 4.78 is 13.4. The van der Waals surface area contributed by atoms with Gasteiger partial charge < -0.3 is 14.6 Å². The lowest BCUT2D eigenvalue weighted by atomic mass is 9.87. The maximum atomic E-state index is 10.4. The van der Waals surface area contributed by atoms with E-state index in [0.717, 1.165) is 31.8 Å².